The number of rotatable bonds is 4. The normalized spacial score (nSPS) is 10.9. The van der Waals surface area contributed by atoms with Crippen LogP contribution in [0.25, 0.3) is 21.7 Å². The Bertz CT molecular complexity index is 1450. The maximum atomic E-state index is 12.9. The van der Waals surface area contributed by atoms with E-state index in [1.807, 2.05) is 30.3 Å². The maximum Gasteiger partial charge on any atom is 0.349 e. The molecule has 4 rings (SSSR count). The smallest absolute Gasteiger partial charge is 0.349 e. The first-order chi connectivity index (χ1) is 14.8. The van der Waals surface area contributed by atoms with Crippen LogP contribution in [0.1, 0.15) is 36.0 Å². The van der Waals surface area contributed by atoms with E-state index < -0.39 is 23.4 Å². The number of nitrogens with one attached hydrogen (secondary N) is 1. The van der Waals surface area contributed by atoms with Crippen molar-refractivity contribution in [2.75, 3.05) is 12.4 Å². The van der Waals surface area contributed by atoms with Gasteiger partial charge in [-0.05, 0) is 35.4 Å². The monoisotopic (exact) mass is 436 g/mol. The number of hydrogen-bond donors (Lipinski definition) is 2. The topological polar surface area (TPSA) is 129 Å². The number of benzene rings is 2. The molecule has 2 aromatic heterocycles. The second kappa shape index (κ2) is 7.69. The quantitative estimate of drug-likeness (QED) is 0.286. The molecule has 0 aliphatic carbocycles. The molecule has 2 heterocycles. The predicted octanol–water partition coefficient (Wildman–Crippen LogP) is 3.45. The first kappa shape index (κ1) is 20.3. The minimum Gasteiger partial charge on any atom is -0.465 e. The van der Waals surface area contributed by atoms with Crippen LogP contribution in [0.3, 0.4) is 0 Å². The number of methoxy groups -OCH3 is 1. The van der Waals surface area contributed by atoms with Gasteiger partial charge in [0, 0.05) is 5.39 Å². The van der Waals surface area contributed by atoms with Crippen LogP contribution in [-0.4, -0.2) is 24.9 Å². The molecule has 0 spiro atoms. The number of hydrogen-bond acceptors (Lipinski definition) is 7. The van der Waals surface area contributed by atoms with Crippen LogP contribution in [0, 0.1) is 6.92 Å². The lowest BCUT2D eigenvalue weighted by Gasteiger charge is -2.07. The molecule has 0 aliphatic heterocycles. The van der Waals surface area contributed by atoms with Gasteiger partial charge < -0.3 is 20.2 Å². The molecule has 8 nitrogen and oxygen atoms in total. The number of fused-ring (bicyclic) bond motifs is 3. The van der Waals surface area contributed by atoms with Gasteiger partial charge in [0.15, 0.2) is 0 Å². The molecule has 0 saturated heterocycles. The lowest BCUT2D eigenvalue weighted by molar-refractivity contribution is 0.0605. The number of nitrogens with two attached hydrogens (primary N) is 1. The minimum absolute atomic E-state index is 0.0191. The third-order valence-corrected chi connectivity index (χ3v) is 6.06. The highest BCUT2D eigenvalue weighted by Crippen LogP contribution is 2.34. The van der Waals surface area contributed by atoms with Gasteiger partial charge in [-0.15, -0.1) is 11.3 Å². The molecule has 0 unspecified atom stereocenters. The Kier molecular flexibility index (Phi) is 5.04. The molecule has 0 bridgehead atoms. The van der Waals surface area contributed by atoms with Crippen LogP contribution in [0.2, 0.25) is 0 Å². The summed E-state index contributed by atoms with van der Waals surface area (Å²) < 4.78 is 10.0. The summed E-state index contributed by atoms with van der Waals surface area (Å²) in [6.45, 7) is 1.52. The number of ether oxygens (including phenoxy) is 1. The van der Waals surface area contributed by atoms with Gasteiger partial charge in [-0.1, -0.05) is 30.3 Å². The van der Waals surface area contributed by atoms with E-state index in [2.05, 4.69) is 5.32 Å². The summed E-state index contributed by atoms with van der Waals surface area (Å²) in [6.07, 6.45) is 0. The molecule has 156 valence electrons. The van der Waals surface area contributed by atoms with Gasteiger partial charge in [0.2, 0.25) is 0 Å². The second-order valence-electron chi connectivity index (χ2n) is 6.72. The lowest BCUT2D eigenvalue weighted by atomic mass is 10.0. The second-order valence-corrected chi connectivity index (χ2v) is 7.74. The van der Waals surface area contributed by atoms with Gasteiger partial charge in [-0.3, -0.25) is 9.59 Å². The van der Waals surface area contributed by atoms with Gasteiger partial charge >= 0.3 is 11.6 Å². The van der Waals surface area contributed by atoms with Crippen molar-refractivity contribution in [2.45, 2.75) is 6.92 Å². The molecular weight excluding hydrogens is 420 g/mol. The van der Waals surface area contributed by atoms with E-state index in [1.165, 1.54) is 20.1 Å². The predicted molar refractivity (Wildman–Crippen MR) is 117 cm³/mol. The van der Waals surface area contributed by atoms with Crippen LogP contribution in [0.5, 0.6) is 0 Å². The molecule has 3 N–H and O–H groups in total. The number of primary amides is 1. The lowest BCUT2D eigenvalue weighted by Crippen LogP contribution is -2.22. The van der Waals surface area contributed by atoms with E-state index in [4.69, 9.17) is 14.9 Å². The van der Waals surface area contributed by atoms with E-state index in [9.17, 15) is 19.2 Å². The van der Waals surface area contributed by atoms with Crippen molar-refractivity contribution in [1.29, 1.82) is 0 Å². The summed E-state index contributed by atoms with van der Waals surface area (Å²) in [7, 11) is 1.20. The van der Waals surface area contributed by atoms with E-state index >= 15 is 0 Å². The van der Waals surface area contributed by atoms with Gasteiger partial charge in [0.1, 0.15) is 21.0 Å². The van der Waals surface area contributed by atoms with Crippen molar-refractivity contribution in [1.82, 2.24) is 0 Å². The number of carbonyl (C=O) groups is 3. The number of esters is 1. The summed E-state index contributed by atoms with van der Waals surface area (Å²) in [5, 5.41) is 4.89. The van der Waals surface area contributed by atoms with Gasteiger partial charge in [0.25, 0.3) is 11.8 Å². The Morgan fingerprint density at radius 3 is 2.55 bits per heavy atom. The third kappa shape index (κ3) is 3.44. The molecule has 4 aromatic rings. The average Bonchev–Trinajstić information content (AvgIpc) is 3.08. The van der Waals surface area contributed by atoms with Crippen LogP contribution in [0.4, 0.5) is 5.00 Å². The molecule has 2 aromatic carbocycles. The fraction of sp³-hybridized carbons (Fsp3) is 0.0909. The summed E-state index contributed by atoms with van der Waals surface area (Å²) in [5.41, 5.74) is 4.97. The zero-order valence-electron chi connectivity index (χ0n) is 16.5. The van der Waals surface area contributed by atoms with Crippen LogP contribution in [-0.2, 0) is 4.74 Å². The largest absolute Gasteiger partial charge is 0.465 e. The zero-order chi connectivity index (χ0) is 22.3. The van der Waals surface area contributed by atoms with Crippen LogP contribution in [0.15, 0.2) is 51.7 Å². The zero-order valence-corrected chi connectivity index (χ0v) is 17.3. The highest BCUT2D eigenvalue weighted by molar-refractivity contribution is 7.18. The summed E-state index contributed by atoms with van der Waals surface area (Å²) in [4.78, 5) is 49.4. The van der Waals surface area contributed by atoms with Crippen molar-refractivity contribution in [3.8, 4) is 0 Å². The fourth-order valence-corrected chi connectivity index (χ4v) is 4.51. The van der Waals surface area contributed by atoms with Crippen LogP contribution < -0.4 is 16.7 Å². The van der Waals surface area contributed by atoms with Gasteiger partial charge in [-0.25, -0.2) is 9.59 Å². The van der Waals surface area contributed by atoms with Gasteiger partial charge in [0.05, 0.1) is 12.7 Å². The third-order valence-electron chi connectivity index (χ3n) is 4.88. The SMILES string of the molecule is COC(=O)c1sc(NC(=O)c2cc3c(ccc4ccccc43)oc2=O)c(C(N)=O)c1C. The number of amides is 2. The molecule has 0 radical (unpaired) electrons. The van der Waals surface area contributed by atoms with E-state index in [0.717, 1.165) is 22.1 Å². The fourth-order valence-electron chi connectivity index (χ4n) is 3.39. The van der Waals surface area contributed by atoms with Gasteiger partial charge in [-0.2, -0.15) is 0 Å². The highest BCUT2D eigenvalue weighted by atomic mass is 32.1. The first-order valence-corrected chi connectivity index (χ1v) is 9.92. The Morgan fingerprint density at radius 1 is 1.10 bits per heavy atom. The van der Waals surface area contributed by atoms with Crippen LogP contribution >= 0.6 is 11.3 Å². The Balaban J connectivity index is 1.81. The number of carbonyl (C=O) groups excluding carboxylic acids is 3. The maximum absolute atomic E-state index is 12.9. The summed E-state index contributed by atoms with van der Waals surface area (Å²) in [5.74, 6) is -2.28. The summed E-state index contributed by atoms with van der Waals surface area (Å²) in [6, 6.07) is 12.4. The van der Waals surface area contributed by atoms with Crippen molar-refractivity contribution in [2.24, 2.45) is 5.73 Å². The van der Waals surface area contributed by atoms with E-state index in [1.54, 1.807) is 6.07 Å². The molecule has 0 atom stereocenters. The van der Waals surface area contributed by atoms with Crippen molar-refractivity contribution >= 4 is 55.9 Å². The molecule has 0 saturated carbocycles. The van der Waals surface area contributed by atoms with Crippen molar-refractivity contribution in [3.05, 3.63) is 74.5 Å². The van der Waals surface area contributed by atoms with Crippen molar-refractivity contribution in [3.63, 3.8) is 0 Å². The first-order valence-electron chi connectivity index (χ1n) is 9.10. The molecule has 0 aliphatic rings. The molecule has 2 amide bonds. The number of thiophene rings is 1. The molecule has 9 heteroatoms. The molecular formula is C22H16N2O6S. The average molecular weight is 436 g/mol. The molecule has 31 heavy (non-hydrogen) atoms. The Morgan fingerprint density at radius 2 is 1.84 bits per heavy atom. The van der Waals surface area contributed by atoms with Crippen molar-refractivity contribution < 1.29 is 23.5 Å². The Hall–Kier alpha value is -3.98. The minimum atomic E-state index is -0.831. The summed E-state index contributed by atoms with van der Waals surface area (Å²) >= 11 is 0.842. The van der Waals surface area contributed by atoms with E-state index in [0.29, 0.717) is 11.0 Å². The highest BCUT2D eigenvalue weighted by Gasteiger charge is 2.26. The Labute approximate surface area is 179 Å². The standard InChI is InChI=1S/C22H16N2O6S/c1-10-16(18(23)25)20(31-17(10)22(28)29-2)24-19(26)14-9-13-12-6-4-3-5-11(12)7-8-15(13)30-21(14)27/h3-9H,1-2H3,(H2,23,25)(H,24,26). The molecule has 0 fully saturated rings. The van der Waals surface area contributed by atoms with E-state index in [-0.39, 0.29) is 26.6 Å². The number of anilines is 1.